The van der Waals surface area contributed by atoms with Crippen molar-refractivity contribution in [3.8, 4) is 0 Å². The predicted octanol–water partition coefficient (Wildman–Crippen LogP) is 1.24. The Morgan fingerprint density at radius 3 is 2.28 bits per heavy atom. The quantitative estimate of drug-likeness (QED) is 0.614. The Kier molecular flexibility index (Phi) is 6.77. The highest BCUT2D eigenvalue weighted by Crippen LogP contribution is 2.20. The summed E-state index contributed by atoms with van der Waals surface area (Å²) in [6, 6.07) is 11.3. The monoisotopic (exact) mass is 480 g/mol. The number of carbonyl (C=O) groups excluding carboxylic acids is 1. The number of primary sulfonamides is 1. The molecule has 9 nitrogen and oxygen atoms in total. The first-order chi connectivity index (χ1) is 15.0. The van der Waals surface area contributed by atoms with Gasteiger partial charge in [0.05, 0.1) is 22.7 Å². The fourth-order valence-corrected chi connectivity index (χ4v) is 4.58. The molecule has 0 unspecified atom stereocenters. The minimum Gasteiger partial charge on any atom is -0.352 e. The first-order valence-corrected chi connectivity index (χ1v) is 12.3. The summed E-state index contributed by atoms with van der Waals surface area (Å²) in [5.74, 6) is -0.953. The van der Waals surface area contributed by atoms with E-state index < -0.39 is 32.0 Å². The molecule has 0 radical (unpaired) electrons. The molecule has 170 valence electrons. The van der Waals surface area contributed by atoms with E-state index >= 15 is 0 Å². The largest absolute Gasteiger partial charge is 0.352 e. The van der Waals surface area contributed by atoms with Gasteiger partial charge in [0.15, 0.2) is 0 Å². The molecule has 32 heavy (non-hydrogen) atoms. The predicted molar refractivity (Wildman–Crippen MR) is 117 cm³/mol. The first-order valence-electron chi connectivity index (χ1n) is 9.40. The Hall–Kier alpha value is -3.09. The molecule has 0 saturated carbocycles. The number of rotatable bonds is 7. The van der Waals surface area contributed by atoms with E-state index in [1.54, 1.807) is 12.1 Å². The van der Waals surface area contributed by atoms with Gasteiger partial charge in [-0.3, -0.25) is 9.10 Å². The van der Waals surface area contributed by atoms with E-state index in [9.17, 15) is 26.0 Å². The highest BCUT2D eigenvalue weighted by Gasteiger charge is 2.28. The van der Waals surface area contributed by atoms with Crippen LogP contribution in [0.15, 0.2) is 69.6 Å². The zero-order valence-electron chi connectivity index (χ0n) is 17.0. The van der Waals surface area contributed by atoms with Gasteiger partial charge in [0.2, 0.25) is 10.0 Å². The zero-order chi connectivity index (χ0) is 23.5. The van der Waals surface area contributed by atoms with Crippen molar-refractivity contribution in [3.63, 3.8) is 0 Å². The van der Waals surface area contributed by atoms with Crippen LogP contribution in [0.4, 0.5) is 4.39 Å². The van der Waals surface area contributed by atoms with E-state index in [0.717, 1.165) is 9.87 Å². The van der Waals surface area contributed by atoms with Gasteiger partial charge < -0.3 is 5.32 Å². The molecule has 1 heterocycles. The van der Waals surface area contributed by atoms with Crippen LogP contribution in [-0.2, 0) is 38.0 Å². The number of sulfonamides is 1. The van der Waals surface area contributed by atoms with Gasteiger partial charge >= 0.3 is 10.2 Å². The van der Waals surface area contributed by atoms with Crippen LogP contribution in [0.1, 0.15) is 18.1 Å². The van der Waals surface area contributed by atoms with Gasteiger partial charge in [0, 0.05) is 12.7 Å². The molecule has 0 saturated heterocycles. The molecular weight excluding hydrogens is 459 g/mol. The molecule has 1 aliphatic heterocycles. The van der Waals surface area contributed by atoms with Gasteiger partial charge in [-0.05, 0) is 48.7 Å². The van der Waals surface area contributed by atoms with E-state index in [0.29, 0.717) is 12.0 Å². The van der Waals surface area contributed by atoms with Crippen molar-refractivity contribution >= 4 is 31.9 Å². The van der Waals surface area contributed by atoms with E-state index in [-0.39, 0.29) is 29.3 Å². The van der Waals surface area contributed by atoms with Gasteiger partial charge in [0.1, 0.15) is 5.82 Å². The lowest BCUT2D eigenvalue weighted by molar-refractivity contribution is -0.117. The number of hydrogen-bond donors (Lipinski definition) is 2. The van der Waals surface area contributed by atoms with Crippen molar-refractivity contribution in [3.05, 3.63) is 77.2 Å². The minimum atomic E-state index is -4.02. The number of amides is 1. The minimum absolute atomic E-state index is 0.00746. The van der Waals surface area contributed by atoms with Crippen LogP contribution in [0.5, 0.6) is 0 Å². The average molecular weight is 481 g/mol. The first kappa shape index (κ1) is 23.6. The summed E-state index contributed by atoms with van der Waals surface area (Å²) in [5, 5.41) is 7.76. The maximum absolute atomic E-state index is 13.1. The molecular formula is C20H21FN4O5S2. The summed E-state index contributed by atoms with van der Waals surface area (Å²) in [7, 11) is -7.79. The summed E-state index contributed by atoms with van der Waals surface area (Å²) >= 11 is 0. The molecule has 0 atom stereocenters. The maximum atomic E-state index is 13.1. The molecule has 12 heteroatoms. The van der Waals surface area contributed by atoms with Crippen molar-refractivity contribution in [1.82, 2.24) is 9.62 Å². The smallest absolute Gasteiger partial charge is 0.344 e. The molecule has 2 aromatic rings. The third kappa shape index (κ3) is 5.78. The molecule has 0 aromatic heterocycles. The summed E-state index contributed by atoms with van der Waals surface area (Å²) in [6.07, 6.45) is 1.62. The number of nitrogens with two attached hydrogens (primary N) is 1. The van der Waals surface area contributed by atoms with Gasteiger partial charge in [-0.1, -0.05) is 24.3 Å². The van der Waals surface area contributed by atoms with Crippen LogP contribution in [0, 0.1) is 5.82 Å². The molecule has 0 fully saturated rings. The zero-order valence-corrected chi connectivity index (χ0v) is 18.7. The number of benzene rings is 2. The lowest BCUT2D eigenvalue weighted by atomic mass is 10.1. The fraction of sp³-hybridized carbons (Fsp3) is 0.200. The van der Waals surface area contributed by atoms with Crippen LogP contribution in [-0.4, -0.2) is 39.3 Å². The SMILES string of the molecule is CC1=NS(=O)(=O)N(Cc2ccc(F)cc2)C=C1C(=O)NCCc1ccc(S(N)(=O)=O)cc1. The van der Waals surface area contributed by atoms with Crippen LogP contribution in [0.25, 0.3) is 0 Å². The van der Waals surface area contributed by atoms with Crippen LogP contribution >= 0.6 is 0 Å². The van der Waals surface area contributed by atoms with Gasteiger partial charge in [0.25, 0.3) is 5.91 Å². The molecule has 0 spiro atoms. The van der Waals surface area contributed by atoms with Crippen molar-refractivity contribution in [1.29, 1.82) is 0 Å². The van der Waals surface area contributed by atoms with E-state index in [1.807, 2.05) is 0 Å². The topological polar surface area (TPSA) is 139 Å². The lowest BCUT2D eigenvalue weighted by Crippen LogP contribution is -2.36. The van der Waals surface area contributed by atoms with Crippen molar-refractivity contribution in [2.24, 2.45) is 9.54 Å². The average Bonchev–Trinajstić information content (AvgIpc) is 2.70. The Bertz CT molecular complexity index is 1290. The van der Waals surface area contributed by atoms with E-state index in [4.69, 9.17) is 5.14 Å². The van der Waals surface area contributed by atoms with Gasteiger partial charge in [-0.15, -0.1) is 4.40 Å². The number of hydrogen-bond acceptors (Lipinski definition) is 5. The third-order valence-electron chi connectivity index (χ3n) is 4.66. The number of carbonyl (C=O) groups is 1. The molecule has 1 amide bonds. The molecule has 2 aromatic carbocycles. The van der Waals surface area contributed by atoms with Gasteiger partial charge in [-0.25, -0.2) is 17.9 Å². The Labute approximate surface area is 185 Å². The Balaban J connectivity index is 1.67. The number of halogens is 1. The molecule has 3 rings (SSSR count). The lowest BCUT2D eigenvalue weighted by Gasteiger charge is -2.23. The van der Waals surface area contributed by atoms with Crippen molar-refractivity contribution in [2.45, 2.75) is 24.8 Å². The maximum Gasteiger partial charge on any atom is 0.344 e. The molecule has 0 aliphatic carbocycles. The number of nitrogens with zero attached hydrogens (tertiary/aromatic N) is 2. The van der Waals surface area contributed by atoms with Gasteiger partial charge in [-0.2, -0.15) is 8.42 Å². The second-order valence-corrected chi connectivity index (χ2v) is 10.2. The Morgan fingerprint density at radius 2 is 1.69 bits per heavy atom. The van der Waals surface area contributed by atoms with Crippen LogP contribution in [0.3, 0.4) is 0 Å². The third-order valence-corrected chi connectivity index (χ3v) is 6.92. The van der Waals surface area contributed by atoms with Crippen molar-refractivity contribution in [2.75, 3.05) is 6.54 Å². The molecule has 0 bridgehead atoms. The summed E-state index contributed by atoms with van der Waals surface area (Å²) < 4.78 is 65.0. The summed E-state index contributed by atoms with van der Waals surface area (Å²) in [6.45, 7) is 1.54. The highest BCUT2D eigenvalue weighted by atomic mass is 32.2. The van der Waals surface area contributed by atoms with E-state index in [2.05, 4.69) is 9.71 Å². The fourth-order valence-electron chi connectivity index (χ4n) is 2.96. The standard InChI is InChI=1S/C20H21FN4O5S2/c1-14-19(13-25(32(29,30)24-14)12-16-2-6-17(21)7-3-16)20(26)23-11-10-15-4-8-18(9-5-15)31(22,27)28/h2-9,13H,10-12H2,1H3,(H,23,26)(H2,22,27,28). The van der Waals surface area contributed by atoms with Crippen LogP contribution in [0.2, 0.25) is 0 Å². The second-order valence-electron chi connectivity index (χ2n) is 7.06. The van der Waals surface area contributed by atoms with E-state index in [1.165, 1.54) is 49.5 Å². The highest BCUT2D eigenvalue weighted by molar-refractivity contribution is 7.89. The van der Waals surface area contributed by atoms with Crippen molar-refractivity contribution < 1.29 is 26.0 Å². The summed E-state index contributed by atoms with van der Waals surface area (Å²) in [4.78, 5) is 12.6. The molecule has 3 N–H and O–H groups in total. The van der Waals surface area contributed by atoms with Crippen LogP contribution < -0.4 is 10.5 Å². The summed E-state index contributed by atoms with van der Waals surface area (Å²) in [5.41, 5.74) is 1.45. The number of nitrogens with one attached hydrogen (secondary N) is 1. The second kappa shape index (κ2) is 9.18. The normalized spacial score (nSPS) is 15.7. The Morgan fingerprint density at radius 1 is 1.09 bits per heavy atom. The molecule has 1 aliphatic rings.